The molecule has 0 unspecified atom stereocenters. The van der Waals surface area contributed by atoms with Gasteiger partial charge in [-0.05, 0) is 32.0 Å². The second-order valence-corrected chi connectivity index (χ2v) is 5.31. The van der Waals surface area contributed by atoms with E-state index in [1.165, 1.54) is 0 Å². The first-order chi connectivity index (χ1) is 11.6. The molecule has 2 N–H and O–H groups in total. The van der Waals surface area contributed by atoms with E-state index in [1.807, 2.05) is 38.1 Å². The molecular formula is C17H19N5O2. The third kappa shape index (κ3) is 3.01. The molecule has 2 heterocycles. The van der Waals surface area contributed by atoms with E-state index in [0.29, 0.717) is 18.1 Å². The van der Waals surface area contributed by atoms with E-state index in [1.54, 1.807) is 23.9 Å². The summed E-state index contributed by atoms with van der Waals surface area (Å²) in [7, 11) is 1.62. The Hall–Kier alpha value is -3.09. The highest BCUT2D eigenvalue weighted by Crippen LogP contribution is 2.29. The monoisotopic (exact) mass is 325 g/mol. The number of H-pyrrole nitrogens is 1. The van der Waals surface area contributed by atoms with Crippen LogP contribution in [0.5, 0.6) is 5.75 Å². The molecule has 1 amide bonds. The highest BCUT2D eigenvalue weighted by Gasteiger charge is 2.15. The molecule has 0 radical (unpaired) electrons. The Bertz CT molecular complexity index is 866. The SMILES string of the molecule is CCn1nc(C)cc1C(=O)Nc1cc(-c2ccccc2OC)[nH]n1. The van der Waals surface area contributed by atoms with E-state index in [2.05, 4.69) is 20.6 Å². The van der Waals surface area contributed by atoms with E-state index in [-0.39, 0.29) is 5.91 Å². The third-order valence-electron chi connectivity index (χ3n) is 3.65. The molecule has 0 atom stereocenters. The number of anilines is 1. The van der Waals surface area contributed by atoms with Crippen LogP contribution in [0.2, 0.25) is 0 Å². The van der Waals surface area contributed by atoms with Crippen LogP contribution in [0.1, 0.15) is 23.1 Å². The number of benzene rings is 1. The van der Waals surface area contributed by atoms with Crippen molar-refractivity contribution in [2.75, 3.05) is 12.4 Å². The van der Waals surface area contributed by atoms with Crippen LogP contribution in [0.3, 0.4) is 0 Å². The number of hydrogen-bond donors (Lipinski definition) is 2. The van der Waals surface area contributed by atoms with Crippen LogP contribution in [0.4, 0.5) is 5.82 Å². The molecule has 0 aliphatic heterocycles. The number of aromatic amines is 1. The largest absolute Gasteiger partial charge is 0.496 e. The molecule has 24 heavy (non-hydrogen) atoms. The first kappa shape index (κ1) is 15.8. The van der Waals surface area contributed by atoms with E-state index in [4.69, 9.17) is 4.74 Å². The molecule has 124 valence electrons. The quantitative estimate of drug-likeness (QED) is 0.755. The highest BCUT2D eigenvalue weighted by molar-refractivity contribution is 6.02. The first-order valence-corrected chi connectivity index (χ1v) is 7.67. The minimum atomic E-state index is -0.240. The van der Waals surface area contributed by atoms with Gasteiger partial charge in [0.05, 0.1) is 18.5 Å². The predicted octanol–water partition coefficient (Wildman–Crippen LogP) is 2.86. The van der Waals surface area contributed by atoms with Gasteiger partial charge in [0.2, 0.25) is 0 Å². The molecule has 3 aromatic rings. The zero-order chi connectivity index (χ0) is 17.1. The van der Waals surface area contributed by atoms with Crippen molar-refractivity contribution in [3.8, 4) is 17.0 Å². The summed E-state index contributed by atoms with van der Waals surface area (Å²) in [6.07, 6.45) is 0. The molecule has 0 spiro atoms. The van der Waals surface area contributed by atoms with Gasteiger partial charge in [0.15, 0.2) is 5.82 Å². The molecule has 0 saturated carbocycles. The average molecular weight is 325 g/mol. The van der Waals surface area contributed by atoms with Gasteiger partial charge in [0, 0.05) is 18.2 Å². The van der Waals surface area contributed by atoms with Gasteiger partial charge in [0.25, 0.3) is 5.91 Å². The highest BCUT2D eigenvalue weighted by atomic mass is 16.5. The van der Waals surface area contributed by atoms with Gasteiger partial charge in [0.1, 0.15) is 11.4 Å². The van der Waals surface area contributed by atoms with Crippen molar-refractivity contribution in [2.45, 2.75) is 20.4 Å². The molecule has 7 nitrogen and oxygen atoms in total. The number of rotatable bonds is 5. The zero-order valence-corrected chi connectivity index (χ0v) is 13.8. The van der Waals surface area contributed by atoms with Crippen molar-refractivity contribution < 1.29 is 9.53 Å². The number of ether oxygens (including phenoxy) is 1. The number of aromatic nitrogens is 4. The lowest BCUT2D eigenvalue weighted by Crippen LogP contribution is -2.17. The zero-order valence-electron chi connectivity index (χ0n) is 13.8. The molecule has 3 rings (SSSR count). The van der Waals surface area contributed by atoms with Crippen molar-refractivity contribution in [3.05, 3.63) is 47.8 Å². The van der Waals surface area contributed by atoms with E-state index >= 15 is 0 Å². The van der Waals surface area contributed by atoms with Crippen LogP contribution < -0.4 is 10.1 Å². The summed E-state index contributed by atoms with van der Waals surface area (Å²) in [6, 6.07) is 11.1. The summed E-state index contributed by atoms with van der Waals surface area (Å²) in [5.74, 6) is 0.941. The summed E-state index contributed by atoms with van der Waals surface area (Å²) in [4.78, 5) is 12.4. The number of aryl methyl sites for hydroxylation is 2. The van der Waals surface area contributed by atoms with Crippen LogP contribution in [0.25, 0.3) is 11.3 Å². The van der Waals surface area contributed by atoms with Crippen molar-refractivity contribution >= 4 is 11.7 Å². The predicted molar refractivity (Wildman–Crippen MR) is 91.2 cm³/mol. The normalized spacial score (nSPS) is 10.6. The smallest absolute Gasteiger partial charge is 0.275 e. The lowest BCUT2D eigenvalue weighted by molar-refractivity contribution is 0.101. The number of para-hydroxylation sites is 1. The van der Waals surface area contributed by atoms with Gasteiger partial charge in [-0.25, -0.2) is 0 Å². The summed E-state index contributed by atoms with van der Waals surface area (Å²) in [6.45, 7) is 4.43. The molecule has 2 aromatic heterocycles. The van der Waals surface area contributed by atoms with E-state index in [9.17, 15) is 4.79 Å². The standard InChI is InChI=1S/C17H19N5O2/c1-4-22-14(9-11(2)21-22)17(23)18-16-10-13(19-20-16)12-7-5-6-8-15(12)24-3/h5-10H,4H2,1-3H3,(H2,18,19,20,23). The fraction of sp³-hybridized carbons (Fsp3) is 0.235. The number of carbonyl (C=O) groups excluding carboxylic acids is 1. The van der Waals surface area contributed by atoms with Crippen LogP contribution in [0, 0.1) is 6.92 Å². The molecule has 0 bridgehead atoms. The van der Waals surface area contributed by atoms with Crippen LogP contribution >= 0.6 is 0 Å². The summed E-state index contributed by atoms with van der Waals surface area (Å²) in [5.41, 5.74) is 2.96. The van der Waals surface area contributed by atoms with Gasteiger partial charge < -0.3 is 10.1 Å². The number of methoxy groups -OCH3 is 1. The molecule has 7 heteroatoms. The number of nitrogens with one attached hydrogen (secondary N) is 2. The van der Waals surface area contributed by atoms with Crippen LogP contribution in [-0.4, -0.2) is 33.0 Å². The van der Waals surface area contributed by atoms with Crippen LogP contribution in [0.15, 0.2) is 36.4 Å². The van der Waals surface area contributed by atoms with Gasteiger partial charge in [-0.15, -0.1) is 0 Å². The van der Waals surface area contributed by atoms with Crippen molar-refractivity contribution in [1.82, 2.24) is 20.0 Å². The molecule has 1 aromatic carbocycles. The summed E-state index contributed by atoms with van der Waals surface area (Å²) in [5, 5.41) is 14.1. The second kappa shape index (κ2) is 6.57. The fourth-order valence-corrected chi connectivity index (χ4v) is 2.54. The number of amides is 1. The van der Waals surface area contributed by atoms with Crippen molar-refractivity contribution in [3.63, 3.8) is 0 Å². The maximum Gasteiger partial charge on any atom is 0.275 e. The number of hydrogen-bond acceptors (Lipinski definition) is 4. The van der Waals surface area contributed by atoms with Crippen molar-refractivity contribution in [2.24, 2.45) is 0 Å². The average Bonchev–Trinajstić information content (AvgIpc) is 3.21. The Balaban J connectivity index is 1.82. The lowest BCUT2D eigenvalue weighted by Gasteiger charge is -2.05. The number of nitrogens with zero attached hydrogens (tertiary/aromatic N) is 3. The van der Waals surface area contributed by atoms with Crippen LogP contribution in [-0.2, 0) is 6.54 Å². The Morgan fingerprint density at radius 3 is 2.88 bits per heavy atom. The Kier molecular flexibility index (Phi) is 4.33. The topological polar surface area (TPSA) is 84.8 Å². The molecule has 0 aliphatic carbocycles. The molecule has 0 saturated heterocycles. The molecular weight excluding hydrogens is 306 g/mol. The first-order valence-electron chi connectivity index (χ1n) is 7.67. The molecule has 0 aliphatic rings. The third-order valence-corrected chi connectivity index (χ3v) is 3.65. The van der Waals surface area contributed by atoms with Gasteiger partial charge in [-0.2, -0.15) is 10.2 Å². The van der Waals surface area contributed by atoms with Gasteiger partial charge in [-0.1, -0.05) is 12.1 Å². The van der Waals surface area contributed by atoms with Crippen molar-refractivity contribution in [1.29, 1.82) is 0 Å². The maximum atomic E-state index is 12.4. The Morgan fingerprint density at radius 2 is 2.12 bits per heavy atom. The minimum absolute atomic E-state index is 0.240. The molecule has 0 fully saturated rings. The maximum absolute atomic E-state index is 12.4. The second-order valence-electron chi connectivity index (χ2n) is 5.31. The Labute approximate surface area is 139 Å². The fourth-order valence-electron chi connectivity index (χ4n) is 2.54. The minimum Gasteiger partial charge on any atom is -0.496 e. The Morgan fingerprint density at radius 1 is 1.33 bits per heavy atom. The number of carbonyl (C=O) groups is 1. The van der Waals surface area contributed by atoms with Gasteiger partial charge in [-0.3, -0.25) is 14.6 Å². The summed E-state index contributed by atoms with van der Waals surface area (Å²) >= 11 is 0. The summed E-state index contributed by atoms with van der Waals surface area (Å²) < 4.78 is 7.01. The lowest BCUT2D eigenvalue weighted by atomic mass is 10.1. The van der Waals surface area contributed by atoms with E-state index < -0.39 is 0 Å². The van der Waals surface area contributed by atoms with Gasteiger partial charge >= 0.3 is 0 Å². The van der Waals surface area contributed by atoms with E-state index in [0.717, 1.165) is 22.7 Å².